The van der Waals surface area contributed by atoms with Gasteiger partial charge in [-0.3, -0.25) is 0 Å². The Hall–Kier alpha value is -2.65. The molecule has 0 saturated carbocycles. The highest BCUT2D eigenvalue weighted by molar-refractivity contribution is 5.79. The minimum absolute atomic E-state index is 0.0193. The molecule has 0 saturated heterocycles. The highest BCUT2D eigenvalue weighted by atomic mass is 16.7. The van der Waals surface area contributed by atoms with Gasteiger partial charge >= 0.3 is 0 Å². The van der Waals surface area contributed by atoms with E-state index in [1.54, 1.807) is 0 Å². The van der Waals surface area contributed by atoms with Gasteiger partial charge in [0.1, 0.15) is 0 Å². The van der Waals surface area contributed by atoms with E-state index in [9.17, 15) is 0 Å². The second kappa shape index (κ2) is 11.1. The lowest BCUT2D eigenvalue weighted by atomic mass is 9.63. The van der Waals surface area contributed by atoms with E-state index in [-0.39, 0.29) is 23.9 Å². The second-order valence-electron chi connectivity index (χ2n) is 12.8. The standard InChI is InChI=1S/C36H48NO2/c1-9-36(10-2)33(22-34-38-28(17-23(3)4)21-29(39-34)18-24(5)6)37-31-14-12-11-13-27(31)15-16-32(37)30-20-25(7)19-26(8)35(30)36/h11-16,19-21,23-24,28,33-34H,9-10,17-18,22H2,1-8H3/q+1. The summed E-state index contributed by atoms with van der Waals surface area (Å²) < 4.78 is 16.1. The van der Waals surface area contributed by atoms with Crippen LogP contribution in [0.5, 0.6) is 0 Å². The number of fused-ring (bicyclic) bond motifs is 5. The molecule has 2 aromatic carbocycles. The fraction of sp³-hybridized carbons (Fsp3) is 0.528. The number of aromatic nitrogens is 1. The van der Waals surface area contributed by atoms with Gasteiger partial charge in [-0.2, -0.15) is 4.57 Å². The first-order valence-corrected chi connectivity index (χ1v) is 15.2. The van der Waals surface area contributed by atoms with Crippen LogP contribution in [0.3, 0.4) is 0 Å². The average molecular weight is 527 g/mol. The molecule has 0 aliphatic carbocycles. The topological polar surface area (TPSA) is 22.3 Å². The maximum atomic E-state index is 6.75. The van der Waals surface area contributed by atoms with E-state index in [0.717, 1.165) is 37.9 Å². The molecule has 3 unspecified atom stereocenters. The Morgan fingerprint density at radius 3 is 2.36 bits per heavy atom. The molecular weight excluding hydrogens is 478 g/mol. The Morgan fingerprint density at radius 2 is 1.67 bits per heavy atom. The van der Waals surface area contributed by atoms with Gasteiger partial charge in [-0.1, -0.05) is 65.3 Å². The van der Waals surface area contributed by atoms with Crippen LogP contribution in [0.1, 0.15) is 96.4 Å². The summed E-state index contributed by atoms with van der Waals surface area (Å²) in [6.07, 6.45) is 7.03. The molecule has 3 heterocycles. The molecule has 5 rings (SSSR count). The first kappa shape index (κ1) is 27.9. The number of hydrogen-bond donors (Lipinski definition) is 0. The van der Waals surface area contributed by atoms with Gasteiger partial charge in [0.2, 0.25) is 17.5 Å². The zero-order chi connectivity index (χ0) is 27.9. The van der Waals surface area contributed by atoms with Crippen molar-refractivity contribution in [3.05, 3.63) is 77.1 Å². The van der Waals surface area contributed by atoms with Crippen molar-refractivity contribution in [3.63, 3.8) is 0 Å². The number of para-hydroxylation sites is 1. The van der Waals surface area contributed by atoms with Crippen molar-refractivity contribution < 1.29 is 14.0 Å². The zero-order valence-electron chi connectivity index (χ0n) is 25.4. The number of hydrogen-bond acceptors (Lipinski definition) is 2. The molecule has 0 spiro atoms. The summed E-state index contributed by atoms with van der Waals surface area (Å²) in [5.41, 5.74) is 8.22. The van der Waals surface area contributed by atoms with Crippen molar-refractivity contribution in [2.24, 2.45) is 11.8 Å². The van der Waals surface area contributed by atoms with Gasteiger partial charge in [-0.15, -0.1) is 0 Å². The third-order valence-electron chi connectivity index (χ3n) is 9.05. The van der Waals surface area contributed by atoms with Gasteiger partial charge in [0.15, 0.2) is 6.04 Å². The van der Waals surface area contributed by atoms with Crippen LogP contribution in [0.15, 0.2) is 60.4 Å². The number of allylic oxidation sites excluding steroid dienone is 1. The minimum atomic E-state index is -0.262. The minimum Gasteiger partial charge on any atom is -0.469 e. The molecule has 3 nitrogen and oxygen atoms in total. The molecule has 2 aliphatic rings. The summed E-state index contributed by atoms with van der Waals surface area (Å²) in [4.78, 5) is 0. The van der Waals surface area contributed by atoms with Gasteiger partial charge in [0.25, 0.3) is 0 Å². The van der Waals surface area contributed by atoms with Crippen LogP contribution in [0.25, 0.3) is 22.2 Å². The lowest BCUT2D eigenvalue weighted by molar-refractivity contribution is -0.704. The molecule has 2 aliphatic heterocycles. The highest BCUT2D eigenvalue weighted by Gasteiger charge is 2.53. The molecule has 0 bridgehead atoms. The van der Waals surface area contributed by atoms with Crippen LogP contribution in [-0.4, -0.2) is 12.4 Å². The number of aryl methyl sites for hydroxylation is 2. The Morgan fingerprint density at radius 1 is 0.923 bits per heavy atom. The monoisotopic (exact) mass is 526 g/mol. The predicted octanol–water partition coefficient (Wildman–Crippen LogP) is 9.13. The summed E-state index contributed by atoms with van der Waals surface area (Å²) in [7, 11) is 0. The first-order valence-electron chi connectivity index (χ1n) is 15.2. The zero-order valence-corrected chi connectivity index (χ0v) is 25.4. The highest BCUT2D eigenvalue weighted by Crippen LogP contribution is 2.51. The first-order chi connectivity index (χ1) is 18.7. The Labute approximate surface area is 236 Å². The van der Waals surface area contributed by atoms with E-state index in [1.807, 2.05) is 0 Å². The van der Waals surface area contributed by atoms with Crippen molar-refractivity contribution in [2.45, 2.75) is 111 Å². The SMILES string of the molecule is CCC1(CC)c2c(C)cc(C)cc2-c2ccc3ccccc3[n+]2C1CC1OC(CC(C)C)=CC(CC(C)C)O1. The molecule has 39 heavy (non-hydrogen) atoms. The summed E-state index contributed by atoms with van der Waals surface area (Å²) >= 11 is 0. The van der Waals surface area contributed by atoms with Crippen LogP contribution in [0, 0.1) is 25.7 Å². The fourth-order valence-corrected chi connectivity index (χ4v) is 7.50. The molecule has 0 amide bonds. The molecule has 0 radical (unpaired) electrons. The number of pyridine rings is 1. The summed E-state index contributed by atoms with van der Waals surface area (Å²) in [6.45, 7) is 18.4. The third-order valence-corrected chi connectivity index (χ3v) is 9.05. The van der Waals surface area contributed by atoms with Crippen LogP contribution < -0.4 is 4.57 Å². The fourth-order valence-electron chi connectivity index (χ4n) is 7.50. The van der Waals surface area contributed by atoms with Gasteiger partial charge in [0.05, 0.1) is 29.3 Å². The van der Waals surface area contributed by atoms with E-state index in [2.05, 4.69) is 115 Å². The molecule has 0 N–H and O–H groups in total. The van der Waals surface area contributed by atoms with E-state index in [0.29, 0.717) is 11.8 Å². The molecule has 208 valence electrons. The van der Waals surface area contributed by atoms with E-state index < -0.39 is 0 Å². The Balaban J connectivity index is 1.68. The number of benzene rings is 2. The van der Waals surface area contributed by atoms with E-state index in [4.69, 9.17) is 9.47 Å². The number of rotatable bonds is 8. The Bertz CT molecular complexity index is 1360. The largest absolute Gasteiger partial charge is 0.469 e. The van der Waals surface area contributed by atoms with Crippen molar-refractivity contribution in [2.75, 3.05) is 0 Å². The van der Waals surface area contributed by atoms with Crippen LogP contribution in [0.4, 0.5) is 0 Å². The quantitative estimate of drug-likeness (QED) is 0.273. The van der Waals surface area contributed by atoms with Crippen LogP contribution in [-0.2, 0) is 14.9 Å². The van der Waals surface area contributed by atoms with Crippen molar-refractivity contribution in [3.8, 4) is 11.3 Å². The molecule has 3 aromatic rings. The number of ether oxygens (including phenoxy) is 2. The lowest BCUT2D eigenvalue weighted by Gasteiger charge is -2.44. The van der Waals surface area contributed by atoms with Gasteiger partial charge in [0, 0.05) is 23.9 Å². The van der Waals surface area contributed by atoms with Crippen LogP contribution >= 0.6 is 0 Å². The molecule has 1 aromatic heterocycles. The summed E-state index contributed by atoms with van der Waals surface area (Å²) in [6, 6.07) is 18.5. The molecule has 3 heteroatoms. The van der Waals surface area contributed by atoms with E-state index >= 15 is 0 Å². The van der Waals surface area contributed by atoms with Crippen molar-refractivity contribution in [1.29, 1.82) is 0 Å². The molecule has 3 atom stereocenters. The van der Waals surface area contributed by atoms with Crippen molar-refractivity contribution >= 4 is 10.9 Å². The number of nitrogens with zero attached hydrogens (tertiary/aromatic N) is 1. The maximum Gasteiger partial charge on any atom is 0.213 e. The average Bonchev–Trinajstić information content (AvgIpc) is 2.88. The third kappa shape index (κ3) is 5.15. The summed E-state index contributed by atoms with van der Waals surface area (Å²) in [5.74, 6) is 2.23. The van der Waals surface area contributed by atoms with Gasteiger partial charge in [-0.05, 0) is 80.3 Å². The van der Waals surface area contributed by atoms with E-state index in [1.165, 1.54) is 38.9 Å². The van der Waals surface area contributed by atoms with Gasteiger partial charge in [-0.25, -0.2) is 0 Å². The summed E-state index contributed by atoms with van der Waals surface area (Å²) in [5, 5.41) is 1.28. The Kier molecular flexibility index (Phi) is 7.93. The molecule has 0 fully saturated rings. The normalized spacial score (nSPS) is 22.0. The smallest absolute Gasteiger partial charge is 0.213 e. The predicted molar refractivity (Wildman–Crippen MR) is 162 cm³/mol. The molecular formula is C36H48NO2+. The maximum absolute atomic E-state index is 6.75. The van der Waals surface area contributed by atoms with Crippen molar-refractivity contribution in [1.82, 2.24) is 0 Å². The van der Waals surface area contributed by atoms with Crippen LogP contribution in [0.2, 0.25) is 0 Å². The second-order valence-corrected chi connectivity index (χ2v) is 12.8. The van der Waals surface area contributed by atoms with Gasteiger partial charge < -0.3 is 9.47 Å². The lowest BCUT2D eigenvalue weighted by Crippen LogP contribution is -2.57.